The van der Waals surface area contributed by atoms with Crippen molar-refractivity contribution in [3.8, 4) is 5.75 Å². The summed E-state index contributed by atoms with van der Waals surface area (Å²) in [6.45, 7) is 0. The first-order valence-corrected chi connectivity index (χ1v) is 5.24. The average molecular weight is 249 g/mol. The van der Waals surface area contributed by atoms with Crippen molar-refractivity contribution in [2.75, 3.05) is 0 Å². The lowest BCUT2D eigenvalue weighted by atomic mass is 10.3. The predicted octanol–water partition coefficient (Wildman–Crippen LogP) is -0.833. The SMILES string of the molecule is NNC(N)=O.O=S(=O)(O)c1ccc(O)cc1. The van der Waals surface area contributed by atoms with E-state index in [4.69, 9.17) is 9.66 Å². The van der Waals surface area contributed by atoms with Gasteiger partial charge in [0, 0.05) is 0 Å². The summed E-state index contributed by atoms with van der Waals surface area (Å²) in [4.78, 5) is 9.13. The van der Waals surface area contributed by atoms with E-state index >= 15 is 0 Å². The van der Waals surface area contributed by atoms with E-state index < -0.39 is 16.1 Å². The molecule has 1 rings (SSSR count). The number of rotatable bonds is 1. The number of nitrogens with two attached hydrogens (primary N) is 2. The van der Waals surface area contributed by atoms with Gasteiger partial charge in [-0.15, -0.1) is 0 Å². The molecule has 0 aliphatic rings. The summed E-state index contributed by atoms with van der Waals surface area (Å²) >= 11 is 0. The van der Waals surface area contributed by atoms with Crippen molar-refractivity contribution in [1.82, 2.24) is 5.43 Å². The minimum atomic E-state index is -4.13. The number of phenols is 1. The van der Waals surface area contributed by atoms with Crippen LogP contribution in [0.4, 0.5) is 4.79 Å². The molecule has 1 aromatic rings. The monoisotopic (exact) mass is 249 g/mol. The van der Waals surface area contributed by atoms with Crippen LogP contribution in [0.5, 0.6) is 5.75 Å². The molecule has 0 bridgehead atoms. The van der Waals surface area contributed by atoms with E-state index in [0.29, 0.717) is 0 Å². The van der Waals surface area contributed by atoms with Crippen LogP contribution < -0.4 is 17.0 Å². The summed E-state index contributed by atoms with van der Waals surface area (Å²) in [5, 5.41) is 8.75. The van der Waals surface area contributed by atoms with Crippen molar-refractivity contribution in [3.63, 3.8) is 0 Å². The van der Waals surface area contributed by atoms with Gasteiger partial charge in [0.25, 0.3) is 10.1 Å². The summed E-state index contributed by atoms with van der Waals surface area (Å²) in [6.07, 6.45) is 0. The largest absolute Gasteiger partial charge is 0.508 e. The van der Waals surface area contributed by atoms with Gasteiger partial charge in [0.1, 0.15) is 5.75 Å². The van der Waals surface area contributed by atoms with E-state index in [1.807, 2.05) is 0 Å². The standard InChI is InChI=1S/C6H6O4S.CH5N3O/c7-5-1-3-6(4-2-5)11(8,9)10;2-1(5)4-3/h1-4,7H,(H,8,9,10);3H2,(H3,2,4,5). The van der Waals surface area contributed by atoms with Gasteiger partial charge in [0.2, 0.25) is 0 Å². The fraction of sp³-hybridized carbons (Fsp3) is 0. The molecule has 0 saturated carbocycles. The molecule has 0 fully saturated rings. The molecule has 0 unspecified atom stereocenters. The van der Waals surface area contributed by atoms with Crippen LogP contribution in [0.25, 0.3) is 0 Å². The average Bonchev–Trinajstić information content (AvgIpc) is 2.18. The molecular formula is C7H11N3O5S. The summed E-state index contributed by atoms with van der Waals surface area (Å²) in [6, 6.07) is 3.88. The van der Waals surface area contributed by atoms with Crippen LogP contribution >= 0.6 is 0 Å². The Hall–Kier alpha value is -1.84. The molecule has 0 atom stereocenters. The van der Waals surface area contributed by atoms with Gasteiger partial charge in [0.05, 0.1) is 4.90 Å². The molecule has 9 heteroatoms. The number of carbonyl (C=O) groups excluding carboxylic acids is 1. The zero-order chi connectivity index (χ0) is 12.8. The van der Waals surface area contributed by atoms with Crippen LogP contribution in [-0.4, -0.2) is 24.1 Å². The van der Waals surface area contributed by atoms with Crippen molar-refractivity contribution in [3.05, 3.63) is 24.3 Å². The second-order valence-electron chi connectivity index (χ2n) is 2.48. The summed E-state index contributed by atoms with van der Waals surface area (Å²) < 4.78 is 29.3. The van der Waals surface area contributed by atoms with Crippen LogP contribution in [0, 0.1) is 0 Å². The van der Waals surface area contributed by atoms with Gasteiger partial charge in [-0.3, -0.25) is 9.98 Å². The first-order valence-electron chi connectivity index (χ1n) is 3.80. The molecule has 0 saturated heterocycles. The zero-order valence-electron chi connectivity index (χ0n) is 7.99. The fourth-order valence-electron chi connectivity index (χ4n) is 0.618. The van der Waals surface area contributed by atoms with E-state index in [9.17, 15) is 13.2 Å². The number of aromatic hydroxyl groups is 1. The Morgan fingerprint density at radius 1 is 1.25 bits per heavy atom. The molecule has 0 aliphatic carbocycles. The number of amides is 2. The molecule has 0 aliphatic heterocycles. The van der Waals surface area contributed by atoms with Crippen molar-refractivity contribution >= 4 is 16.1 Å². The molecule has 0 aromatic heterocycles. The molecule has 7 N–H and O–H groups in total. The highest BCUT2D eigenvalue weighted by Gasteiger charge is 2.07. The molecule has 8 nitrogen and oxygen atoms in total. The predicted molar refractivity (Wildman–Crippen MR) is 54.8 cm³/mol. The van der Waals surface area contributed by atoms with Crippen LogP contribution in [0.15, 0.2) is 29.2 Å². The molecule has 0 heterocycles. The van der Waals surface area contributed by atoms with Gasteiger partial charge in [-0.1, -0.05) is 0 Å². The number of hydrogen-bond acceptors (Lipinski definition) is 5. The Morgan fingerprint density at radius 2 is 1.62 bits per heavy atom. The molecule has 2 amide bonds. The number of urea groups is 1. The van der Waals surface area contributed by atoms with E-state index in [-0.39, 0.29) is 10.6 Å². The second-order valence-corrected chi connectivity index (χ2v) is 3.90. The Bertz CT molecular complexity index is 442. The molecule has 0 spiro atoms. The van der Waals surface area contributed by atoms with Gasteiger partial charge >= 0.3 is 6.03 Å². The number of phenolic OH excluding ortho intramolecular Hbond substituents is 1. The maximum Gasteiger partial charge on any atom is 0.326 e. The third-order valence-corrected chi connectivity index (χ3v) is 2.14. The van der Waals surface area contributed by atoms with Crippen LogP contribution in [0.3, 0.4) is 0 Å². The van der Waals surface area contributed by atoms with Gasteiger partial charge in [-0.2, -0.15) is 8.42 Å². The number of primary amides is 1. The number of benzene rings is 1. The lowest BCUT2D eigenvalue weighted by molar-refractivity contribution is 0.249. The van der Waals surface area contributed by atoms with Crippen LogP contribution in [-0.2, 0) is 10.1 Å². The first kappa shape index (κ1) is 14.2. The maximum atomic E-state index is 10.4. The van der Waals surface area contributed by atoms with E-state index in [2.05, 4.69) is 11.6 Å². The minimum Gasteiger partial charge on any atom is -0.508 e. The van der Waals surface area contributed by atoms with Crippen molar-refractivity contribution in [2.24, 2.45) is 11.6 Å². The van der Waals surface area contributed by atoms with Crippen molar-refractivity contribution in [1.29, 1.82) is 0 Å². The Morgan fingerprint density at radius 3 is 1.88 bits per heavy atom. The summed E-state index contributed by atoms with van der Waals surface area (Å²) in [5.41, 5.74) is 6.08. The number of hydrazine groups is 1. The summed E-state index contributed by atoms with van der Waals surface area (Å²) in [7, 11) is -4.13. The fourth-order valence-corrected chi connectivity index (χ4v) is 1.10. The van der Waals surface area contributed by atoms with Gasteiger partial charge < -0.3 is 10.8 Å². The lowest BCUT2D eigenvalue weighted by Gasteiger charge is -1.94. The highest BCUT2D eigenvalue weighted by Crippen LogP contribution is 2.13. The highest BCUT2D eigenvalue weighted by molar-refractivity contribution is 7.85. The highest BCUT2D eigenvalue weighted by atomic mass is 32.2. The van der Waals surface area contributed by atoms with Crippen molar-refractivity contribution in [2.45, 2.75) is 4.90 Å². The maximum absolute atomic E-state index is 10.4. The summed E-state index contributed by atoms with van der Waals surface area (Å²) in [5.74, 6) is 4.40. The van der Waals surface area contributed by atoms with Crippen molar-refractivity contribution < 1.29 is 22.9 Å². The minimum absolute atomic E-state index is 0.0441. The van der Waals surface area contributed by atoms with E-state index in [1.54, 1.807) is 5.43 Å². The topological polar surface area (TPSA) is 156 Å². The van der Waals surface area contributed by atoms with Crippen LogP contribution in [0.2, 0.25) is 0 Å². The second kappa shape index (κ2) is 5.90. The number of hydrogen-bond donors (Lipinski definition) is 5. The zero-order valence-corrected chi connectivity index (χ0v) is 8.81. The van der Waals surface area contributed by atoms with Gasteiger partial charge in [0.15, 0.2) is 0 Å². The Kier molecular flexibility index (Phi) is 5.22. The van der Waals surface area contributed by atoms with Crippen LogP contribution in [0.1, 0.15) is 0 Å². The molecule has 0 radical (unpaired) electrons. The first-order chi connectivity index (χ1) is 7.27. The Labute approximate surface area is 91.6 Å². The third-order valence-electron chi connectivity index (χ3n) is 1.28. The quantitative estimate of drug-likeness (QED) is 0.189. The van der Waals surface area contributed by atoms with E-state index in [0.717, 1.165) is 12.1 Å². The molecule has 16 heavy (non-hydrogen) atoms. The van der Waals surface area contributed by atoms with Gasteiger partial charge in [-0.25, -0.2) is 10.6 Å². The number of nitrogens with one attached hydrogen (secondary N) is 1. The Balaban J connectivity index is 0.000000385. The normalized spacial score (nSPS) is 9.88. The molecular weight excluding hydrogens is 238 g/mol. The third kappa shape index (κ3) is 5.80. The molecule has 90 valence electrons. The number of carbonyl (C=O) groups is 1. The molecule has 1 aromatic carbocycles. The smallest absolute Gasteiger partial charge is 0.326 e. The van der Waals surface area contributed by atoms with Gasteiger partial charge in [-0.05, 0) is 24.3 Å². The van der Waals surface area contributed by atoms with E-state index in [1.165, 1.54) is 12.1 Å². The lowest BCUT2D eigenvalue weighted by Crippen LogP contribution is -2.34.